The Hall–Kier alpha value is -1.36. The highest BCUT2D eigenvalue weighted by Crippen LogP contribution is 2.25. The van der Waals surface area contributed by atoms with Gasteiger partial charge in [-0.2, -0.15) is 0 Å². The van der Waals surface area contributed by atoms with E-state index >= 15 is 0 Å². The molecule has 0 bridgehead atoms. The fourth-order valence-corrected chi connectivity index (χ4v) is 2.45. The van der Waals surface area contributed by atoms with Gasteiger partial charge in [0.25, 0.3) is 5.91 Å². The summed E-state index contributed by atoms with van der Waals surface area (Å²) in [7, 11) is 0. The Balaban J connectivity index is 1.61. The summed E-state index contributed by atoms with van der Waals surface area (Å²) in [6, 6.07) is 7.27. The molecule has 4 nitrogen and oxygen atoms in total. The smallest absolute Gasteiger partial charge is 0.251 e. The van der Waals surface area contributed by atoms with Gasteiger partial charge in [0, 0.05) is 29.0 Å². The lowest BCUT2D eigenvalue weighted by atomic mass is 9.85. The van der Waals surface area contributed by atoms with E-state index in [1.54, 1.807) is 12.1 Å². The third-order valence-electron chi connectivity index (χ3n) is 3.50. The first-order valence-electron chi connectivity index (χ1n) is 6.98. The minimum atomic E-state index is -0.0865. The lowest BCUT2D eigenvalue weighted by molar-refractivity contribution is -0.127. The van der Waals surface area contributed by atoms with Gasteiger partial charge >= 0.3 is 0 Å². The molecule has 5 heteroatoms. The molecule has 0 radical (unpaired) electrons. The standard InChI is InChI=1S/C15H19BrN2O2/c16-13-7-2-6-12(10-13)15(20)18-9-3-8-17-14(19)11-4-1-5-11/h2,6-7,10-11H,1,3-5,8-9H2,(H,17,19)(H,18,20). The summed E-state index contributed by atoms with van der Waals surface area (Å²) in [5, 5.41) is 5.76. The third-order valence-corrected chi connectivity index (χ3v) is 3.99. The van der Waals surface area contributed by atoms with E-state index in [4.69, 9.17) is 0 Å². The third kappa shape index (κ3) is 4.34. The molecule has 0 saturated heterocycles. The lowest BCUT2D eigenvalue weighted by Crippen LogP contribution is -2.36. The van der Waals surface area contributed by atoms with Gasteiger partial charge in [-0.25, -0.2) is 0 Å². The van der Waals surface area contributed by atoms with Crippen LogP contribution in [0.15, 0.2) is 28.7 Å². The average molecular weight is 339 g/mol. The van der Waals surface area contributed by atoms with Crippen molar-refractivity contribution in [3.8, 4) is 0 Å². The summed E-state index contributed by atoms with van der Waals surface area (Å²) in [5.74, 6) is 0.303. The zero-order valence-corrected chi connectivity index (χ0v) is 12.9. The van der Waals surface area contributed by atoms with Crippen molar-refractivity contribution in [2.45, 2.75) is 25.7 Å². The number of rotatable bonds is 6. The van der Waals surface area contributed by atoms with E-state index in [1.165, 1.54) is 6.42 Å². The number of nitrogens with one attached hydrogen (secondary N) is 2. The Labute approximate surface area is 127 Å². The van der Waals surface area contributed by atoms with Crippen molar-refractivity contribution >= 4 is 27.7 Å². The molecule has 1 aromatic rings. The maximum absolute atomic E-state index is 11.8. The van der Waals surface area contributed by atoms with Crippen LogP contribution in [0.2, 0.25) is 0 Å². The van der Waals surface area contributed by atoms with Gasteiger partial charge in [-0.15, -0.1) is 0 Å². The van der Waals surface area contributed by atoms with Crippen molar-refractivity contribution in [2.24, 2.45) is 5.92 Å². The lowest BCUT2D eigenvalue weighted by Gasteiger charge is -2.23. The van der Waals surface area contributed by atoms with Gasteiger partial charge in [0.2, 0.25) is 5.91 Å². The van der Waals surface area contributed by atoms with Crippen LogP contribution in [0.5, 0.6) is 0 Å². The minimum absolute atomic E-state index is 0.0865. The second-order valence-electron chi connectivity index (χ2n) is 5.04. The fraction of sp³-hybridized carbons (Fsp3) is 0.467. The van der Waals surface area contributed by atoms with E-state index in [9.17, 15) is 9.59 Å². The van der Waals surface area contributed by atoms with Crippen LogP contribution in [0.1, 0.15) is 36.0 Å². The molecule has 2 rings (SSSR count). The second kappa shape index (κ2) is 7.43. The Morgan fingerprint density at radius 2 is 1.95 bits per heavy atom. The van der Waals surface area contributed by atoms with Gasteiger partial charge in [-0.1, -0.05) is 28.4 Å². The minimum Gasteiger partial charge on any atom is -0.356 e. The maximum atomic E-state index is 11.8. The quantitative estimate of drug-likeness (QED) is 0.783. The van der Waals surface area contributed by atoms with Crippen LogP contribution in [-0.4, -0.2) is 24.9 Å². The summed E-state index contributed by atoms with van der Waals surface area (Å²) in [6.45, 7) is 1.18. The molecule has 0 aliphatic heterocycles. The summed E-state index contributed by atoms with van der Waals surface area (Å²) >= 11 is 3.34. The molecule has 0 atom stereocenters. The number of hydrogen-bond acceptors (Lipinski definition) is 2. The summed E-state index contributed by atoms with van der Waals surface area (Å²) in [6.07, 6.45) is 3.95. The van der Waals surface area contributed by atoms with E-state index < -0.39 is 0 Å². The van der Waals surface area contributed by atoms with Crippen LogP contribution in [0.3, 0.4) is 0 Å². The zero-order valence-electron chi connectivity index (χ0n) is 11.3. The van der Waals surface area contributed by atoms with Gasteiger partial charge in [-0.05, 0) is 37.5 Å². The molecule has 0 heterocycles. The van der Waals surface area contributed by atoms with Crippen molar-refractivity contribution in [3.63, 3.8) is 0 Å². The van der Waals surface area contributed by atoms with Gasteiger partial charge < -0.3 is 10.6 Å². The molecular formula is C15H19BrN2O2. The van der Waals surface area contributed by atoms with Crippen LogP contribution in [-0.2, 0) is 4.79 Å². The maximum Gasteiger partial charge on any atom is 0.251 e. The first-order valence-corrected chi connectivity index (χ1v) is 7.77. The van der Waals surface area contributed by atoms with Crippen LogP contribution in [0.25, 0.3) is 0 Å². The monoisotopic (exact) mass is 338 g/mol. The predicted molar refractivity (Wildman–Crippen MR) is 81.4 cm³/mol. The average Bonchev–Trinajstić information content (AvgIpc) is 2.36. The number of benzene rings is 1. The highest BCUT2D eigenvalue weighted by Gasteiger charge is 2.24. The Kier molecular flexibility index (Phi) is 5.59. The van der Waals surface area contributed by atoms with Crippen molar-refractivity contribution in [2.75, 3.05) is 13.1 Å². The first-order chi connectivity index (χ1) is 9.66. The van der Waals surface area contributed by atoms with E-state index in [1.807, 2.05) is 12.1 Å². The largest absolute Gasteiger partial charge is 0.356 e. The van der Waals surface area contributed by atoms with E-state index in [0.29, 0.717) is 18.7 Å². The number of halogens is 1. The normalized spacial score (nSPS) is 14.4. The highest BCUT2D eigenvalue weighted by molar-refractivity contribution is 9.10. The SMILES string of the molecule is O=C(NCCCNC(=O)C1CCC1)c1cccc(Br)c1. The Morgan fingerprint density at radius 1 is 1.20 bits per heavy atom. The number of amides is 2. The summed E-state index contributed by atoms with van der Waals surface area (Å²) in [5.41, 5.74) is 0.637. The van der Waals surface area contributed by atoms with E-state index in [2.05, 4.69) is 26.6 Å². The number of carbonyl (C=O) groups is 2. The van der Waals surface area contributed by atoms with Crippen molar-refractivity contribution in [1.82, 2.24) is 10.6 Å². The molecule has 108 valence electrons. The van der Waals surface area contributed by atoms with Gasteiger partial charge in [0.1, 0.15) is 0 Å². The van der Waals surface area contributed by atoms with Gasteiger partial charge in [-0.3, -0.25) is 9.59 Å². The summed E-state index contributed by atoms with van der Waals surface area (Å²) in [4.78, 5) is 23.4. The molecule has 0 aromatic heterocycles. The molecule has 2 amide bonds. The molecule has 0 spiro atoms. The van der Waals surface area contributed by atoms with Crippen molar-refractivity contribution in [3.05, 3.63) is 34.3 Å². The fourth-order valence-electron chi connectivity index (χ4n) is 2.05. The zero-order chi connectivity index (χ0) is 14.4. The molecule has 1 aliphatic rings. The van der Waals surface area contributed by atoms with E-state index in [0.717, 1.165) is 23.7 Å². The Morgan fingerprint density at radius 3 is 2.60 bits per heavy atom. The number of carbonyl (C=O) groups excluding carboxylic acids is 2. The van der Waals surface area contributed by atoms with E-state index in [-0.39, 0.29) is 17.7 Å². The first kappa shape index (κ1) is 15.0. The van der Waals surface area contributed by atoms with Gasteiger partial charge in [0.15, 0.2) is 0 Å². The summed E-state index contributed by atoms with van der Waals surface area (Å²) < 4.78 is 0.887. The second-order valence-corrected chi connectivity index (χ2v) is 5.95. The molecule has 1 fully saturated rings. The molecule has 1 aliphatic carbocycles. The topological polar surface area (TPSA) is 58.2 Å². The molecule has 2 N–H and O–H groups in total. The number of hydrogen-bond donors (Lipinski definition) is 2. The van der Waals surface area contributed by atoms with Gasteiger partial charge in [0.05, 0.1) is 0 Å². The van der Waals surface area contributed by atoms with Crippen LogP contribution < -0.4 is 10.6 Å². The van der Waals surface area contributed by atoms with Crippen molar-refractivity contribution in [1.29, 1.82) is 0 Å². The molecule has 20 heavy (non-hydrogen) atoms. The molecule has 1 saturated carbocycles. The predicted octanol–water partition coefficient (Wildman–Crippen LogP) is 2.49. The van der Waals surface area contributed by atoms with Crippen molar-refractivity contribution < 1.29 is 9.59 Å². The van der Waals surface area contributed by atoms with Crippen LogP contribution >= 0.6 is 15.9 Å². The molecule has 1 aromatic carbocycles. The molecule has 0 unspecified atom stereocenters. The van der Waals surface area contributed by atoms with Crippen LogP contribution in [0.4, 0.5) is 0 Å². The van der Waals surface area contributed by atoms with Crippen LogP contribution in [0, 0.1) is 5.92 Å². The molecular weight excluding hydrogens is 320 g/mol. The highest BCUT2D eigenvalue weighted by atomic mass is 79.9. The Bertz CT molecular complexity index is 487.